The molecule has 3 nitrogen and oxygen atoms in total. The average Bonchev–Trinajstić information content (AvgIpc) is 2.50. The number of ether oxygens (including phenoxy) is 3. The molecule has 2 aromatic carbocycles. The van der Waals surface area contributed by atoms with E-state index in [1.54, 1.807) is 7.11 Å². The van der Waals surface area contributed by atoms with Gasteiger partial charge in [-0.05, 0) is 48.9 Å². The van der Waals surface area contributed by atoms with Crippen LogP contribution in [0.25, 0.3) is 0 Å². The van der Waals surface area contributed by atoms with Gasteiger partial charge in [0, 0.05) is 10.9 Å². The van der Waals surface area contributed by atoms with Gasteiger partial charge in [-0.25, -0.2) is 0 Å². The lowest BCUT2D eigenvalue weighted by Gasteiger charge is -2.11. The van der Waals surface area contributed by atoms with Crippen molar-refractivity contribution in [1.82, 2.24) is 0 Å². The third-order valence-corrected chi connectivity index (χ3v) is 3.48. The van der Waals surface area contributed by atoms with Crippen LogP contribution in [0.1, 0.15) is 12.0 Å². The van der Waals surface area contributed by atoms with Gasteiger partial charge in [0.05, 0.1) is 20.3 Å². The molecule has 0 atom stereocenters. The molecule has 0 radical (unpaired) electrons. The van der Waals surface area contributed by atoms with E-state index >= 15 is 0 Å². The highest BCUT2D eigenvalue weighted by Crippen LogP contribution is 2.27. The quantitative estimate of drug-likeness (QED) is 0.682. The van der Waals surface area contributed by atoms with Crippen molar-refractivity contribution in [2.75, 3.05) is 20.3 Å². The molecule has 0 saturated carbocycles. The fourth-order valence-electron chi connectivity index (χ4n) is 1.86. The highest BCUT2D eigenvalue weighted by Gasteiger charge is 2.04. The molecule has 0 N–H and O–H groups in total. The van der Waals surface area contributed by atoms with Crippen molar-refractivity contribution in [2.45, 2.75) is 13.3 Å². The number of methoxy groups -OCH3 is 1. The molecule has 112 valence electrons. The SMILES string of the molecule is COc1cc(C)ccc1OCCCOc1ccc(Br)cc1. The van der Waals surface area contributed by atoms with Gasteiger partial charge in [0.2, 0.25) is 0 Å². The molecule has 0 amide bonds. The molecule has 0 aromatic heterocycles. The van der Waals surface area contributed by atoms with E-state index in [1.807, 2.05) is 49.4 Å². The Labute approximate surface area is 134 Å². The summed E-state index contributed by atoms with van der Waals surface area (Å²) >= 11 is 3.40. The second kappa shape index (κ2) is 7.93. The molecule has 0 bridgehead atoms. The number of halogens is 1. The van der Waals surface area contributed by atoms with E-state index in [1.165, 1.54) is 0 Å². The molecule has 0 unspecified atom stereocenters. The van der Waals surface area contributed by atoms with Crippen LogP contribution in [0.5, 0.6) is 17.2 Å². The minimum Gasteiger partial charge on any atom is -0.493 e. The first-order valence-corrected chi connectivity index (χ1v) is 7.64. The molecule has 2 rings (SSSR count). The number of rotatable bonds is 7. The molecule has 0 aliphatic carbocycles. The van der Waals surface area contributed by atoms with Gasteiger partial charge in [0.1, 0.15) is 5.75 Å². The van der Waals surface area contributed by atoms with Gasteiger partial charge in [-0.3, -0.25) is 0 Å². The molecule has 0 spiro atoms. The topological polar surface area (TPSA) is 27.7 Å². The van der Waals surface area contributed by atoms with Crippen LogP contribution in [-0.2, 0) is 0 Å². The van der Waals surface area contributed by atoms with Crippen LogP contribution in [0.2, 0.25) is 0 Å². The van der Waals surface area contributed by atoms with Crippen LogP contribution in [0.4, 0.5) is 0 Å². The first kappa shape index (κ1) is 15.7. The molecule has 0 aliphatic heterocycles. The highest BCUT2D eigenvalue weighted by atomic mass is 79.9. The first-order chi connectivity index (χ1) is 10.2. The summed E-state index contributed by atoms with van der Waals surface area (Å²) in [5.74, 6) is 2.40. The predicted molar refractivity (Wildman–Crippen MR) is 87.5 cm³/mol. The Balaban J connectivity index is 1.73. The molecule has 0 saturated heterocycles. The van der Waals surface area contributed by atoms with E-state index in [0.717, 1.165) is 33.7 Å². The number of aryl methyl sites for hydroxylation is 1. The van der Waals surface area contributed by atoms with Gasteiger partial charge in [0.15, 0.2) is 11.5 Å². The molecule has 0 aliphatic rings. The Morgan fingerprint density at radius 3 is 2.33 bits per heavy atom. The molecule has 2 aromatic rings. The van der Waals surface area contributed by atoms with Gasteiger partial charge in [-0.2, -0.15) is 0 Å². The first-order valence-electron chi connectivity index (χ1n) is 6.85. The van der Waals surface area contributed by atoms with Gasteiger partial charge >= 0.3 is 0 Å². The largest absolute Gasteiger partial charge is 0.493 e. The molecule has 0 heterocycles. The zero-order valence-corrected chi connectivity index (χ0v) is 13.9. The number of hydrogen-bond acceptors (Lipinski definition) is 3. The van der Waals surface area contributed by atoms with Crippen molar-refractivity contribution in [2.24, 2.45) is 0 Å². The standard InChI is InChI=1S/C17H19BrO3/c1-13-4-9-16(17(12-13)19-2)21-11-3-10-20-15-7-5-14(18)6-8-15/h4-9,12H,3,10-11H2,1-2H3. The summed E-state index contributed by atoms with van der Waals surface area (Å²) in [6.45, 7) is 3.24. The Bertz CT molecular complexity index is 567. The van der Waals surface area contributed by atoms with Crippen molar-refractivity contribution in [3.63, 3.8) is 0 Å². The lowest BCUT2D eigenvalue weighted by Crippen LogP contribution is -2.05. The summed E-state index contributed by atoms with van der Waals surface area (Å²) in [5.41, 5.74) is 1.15. The summed E-state index contributed by atoms with van der Waals surface area (Å²) < 4.78 is 17.7. The fourth-order valence-corrected chi connectivity index (χ4v) is 2.12. The highest BCUT2D eigenvalue weighted by molar-refractivity contribution is 9.10. The zero-order valence-electron chi connectivity index (χ0n) is 12.3. The van der Waals surface area contributed by atoms with E-state index in [0.29, 0.717) is 13.2 Å². The lowest BCUT2D eigenvalue weighted by molar-refractivity contribution is 0.240. The van der Waals surface area contributed by atoms with Crippen LogP contribution in [-0.4, -0.2) is 20.3 Å². The molecular weight excluding hydrogens is 332 g/mol. The second-order valence-electron chi connectivity index (χ2n) is 4.66. The van der Waals surface area contributed by atoms with Crippen LogP contribution in [0, 0.1) is 6.92 Å². The summed E-state index contributed by atoms with van der Waals surface area (Å²) in [7, 11) is 1.65. The maximum atomic E-state index is 5.73. The number of benzene rings is 2. The Morgan fingerprint density at radius 1 is 0.905 bits per heavy atom. The second-order valence-corrected chi connectivity index (χ2v) is 5.57. The summed E-state index contributed by atoms with van der Waals surface area (Å²) in [4.78, 5) is 0. The Morgan fingerprint density at radius 2 is 1.62 bits per heavy atom. The lowest BCUT2D eigenvalue weighted by atomic mass is 10.2. The monoisotopic (exact) mass is 350 g/mol. The Hall–Kier alpha value is -1.68. The maximum Gasteiger partial charge on any atom is 0.161 e. The summed E-state index contributed by atoms with van der Waals surface area (Å²) in [6.07, 6.45) is 0.813. The smallest absolute Gasteiger partial charge is 0.161 e. The van der Waals surface area contributed by atoms with Crippen molar-refractivity contribution in [3.8, 4) is 17.2 Å². The van der Waals surface area contributed by atoms with E-state index in [2.05, 4.69) is 15.9 Å². The minimum atomic E-state index is 0.593. The van der Waals surface area contributed by atoms with Crippen molar-refractivity contribution < 1.29 is 14.2 Å². The van der Waals surface area contributed by atoms with Crippen LogP contribution >= 0.6 is 15.9 Å². The molecule has 21 heavy (non-hydrogen) atoms. The average molecular weight is 351 g/mol. The Kier molecular flexibility index (Phi) is 5.93. The normalized spacial score (nSPS) is 10.2. The van der Waals surface area contributed by atoms with Crippen molar-refractivity contribution in [3.05, 3.63) is 52.5 Å². The van der Waals surface area contributed by atoms with Gasteiger partial charge in [0.25, 0.3) is 0 Å². The maximum absolute atomic E-state index is 5.73. The van der Waals surface area contributed by atoms with Gasteiger partial charge in [-0.1, -0.05) is 22.0 Å². The molecule has 4 heteroatoms. The van der Waals surface area contributed by atoms with Crippen LogP contribution in [0.15, 0.2) is 46.9 Å². The van der Waals surface area contributed by atoms with E-state index in [9.17, 15) is 0 Å². The van der Waals surface area contributed by atoms with Crippen molar-refractivity contribution in [1.29, 1.82) is 0 Å². The summed E-state index contributed by atoms with van der Waals surface area (Å²) in [6, 6.07) is 13.7. The van der Waals surface area contributed by atoms with Crippen LogP contribution < -0.4 is 14.2 Å². The third-order valence-electron chi connectivity index (χ3n) is 2.95. The van der Waals surface area contributed by atoms with Gasteiger partial charge in [-0.15, -0.1) is 0 Å². The molecule has 0 fully saturated rings. The predicted octanol–water partition coefficient (Wildman–Crippen LogP) is 4.61. The van der Waals surface area contributed by atoms with E-state index < -0.39 is 0 Å². The zero-order chi connectivity index (χ0) is 15.1. The van der Waals surface area contributed by atoms with Gasteiger partial charge < -0.3 is 14.2 Å². The fraction of sp³-hybridized carbons (Fsp3) is 0.294. The van der Waals surface area contributed by atoms with E-state index in [-0.39, 0.29) is 0 Å². The third kappa shape index (κ3) is 4.97. The minimum absolute atomic E-state index is 0.593. The van der Waals surface area contributed by atoms with Crippen LogP contribution in [0.3, 0.4) is 0 Å². The van der Waals surface area contributed by atoms with Crippen molar-refractivity contribution >= 4 is 15.9 Å². The number of hydrogen-bond donors (Lipinski definition) is 0. The van der Waals surface area contributed by atoms with E-state index in [4.69, 9.17) is 14.2 Å². The molecular formula is C17H19BrO3. The summed E-state index contributed by atoms with van der Waals surface area (Å²) in [5, 5.41) is 0.